The quantitative estimate of drug-likeness (QED) is 0.567. The first-order chi connectivity index (χ1) is 13.1. The fourth-order valence-corrected chi connectivity index (χ4v) is 2.77. The second-order valence-electron chi connectivity index (χ2n) is 6.26. The molecule has 0 aliphatic carbocycles. The molecule has 0 bridgehead atoms. The van der Waals surface area contributed by atoms with Crippen LogP contribution in [-0.4, -0.2) is 5.91 Å². The van der Waals surface area contributed by atoms with Crippen LogP contribution in [-0.2, 0) is 19.6 Å². The third kappa shape index (κ3) is 5.63. The Morgan fingerprint density at radius 1 is 1.00 bits per heavy atom. The highest BCUT2D eigenvalue weighted by Crippen LogP contribution is 2.16. The number of furan rings is 1. The molecule has 1 N–H and O–H groups in total. The Bertz CT molecular complexity index is 869. The number of hydrogen-bond donors (Lipinski definition) is 1. The van der Waals surface area contributed by atoms with E-state index < -0.39 is 0 Å². The number of benzene rings is 2. The minimum absolute atomic E-state index is 0.264. The Kier molecular flexibility index (Phi) is 6.55. The van der Waals surface area contributed by atoms with Gasteiger partial charge < -0.3 is 14.5 Å². The van der Waals surface area contributed by atoms with Gasteiger partial charge in [-0.3, -0.25) is 4.79 Å². The van der Waals surface area contributed by atoms with Crippen molar-refractivity contribution in [2.45, 2.75) is 32.9 Å². The Labute approximate surface area is 164 Å². The van der Waals surface area contributed by atoms with E-state index in [0.29, 0.717) is 17.3 Å². The number of carbonyl (C=O) groups excluding carboxylic acids is 1. The van der Waals surface area contributed by atoms with Crippen LogP contribution in [0.5, 0.6) is 5.75 Å². The number of nitrogens with one attached hydrogen (secondary N) is 1. The summed E-state index contributed by atoms with van der Waals surface area (Å²) in [6.45, 7) is 2.84. The minimum atomic E-state index is -0.264. The highest BCUT2D eigenvalue weighted by molar-refractivity contribution is 6.30. The second kappa shape index (κ2) is 9.28. The van der Waals surface area contributed by atoms with E-state index in [4.69, 9.17) is 20.8 Å². The van der Waals surface area contributed by atoms with Gasteiger partial charge in [-0.1, -0.05) is 49.2 Å². The zero-order valence-electron chi connectivity index (χ0n) is 15.2. The summed E-state index contributed by atoms with van der Waals surface area (Å²) in [6, 6.07) is 18.8. The molecule has 140 valence electrons. The summed E-state index contributed by atoms with van der Waals surface area (Å²) in [6.07, 6.45) is 2.18. The molecule has 0 radical (unpaired) electrons. The van der Waals surface area contributed by atoms with Crippen molar-refractivity contribution in [1.82, 2.24) is 5.32 Å². The lowest BCUT2D eigenvalue weighted by atomic mass is 10.1. The number of aryl methyl sites for hydroxylation is 1. The molecular formula is C22H22ClNO3. The third-order valence-corrected chi connectivity index (χ3v) is 4.35. The van der Waals surface area contributed by atoms with E-state index in [9.17, 15) is 4.79 Å². The summed E-state index contributed by atoms with van der Waals surface area (Å²) < 4.78 is 11.3. The van der Waals surface area contributed by atoms with Gasteiger partial charge in [0.2, 0.25) is 0 Å². The minimum Gasteiger partial charge on any atom is -0.486 e. The normalized spacial score (nSPS) is 10.6. The predicted octanol–water partition coefficient (Wildman–Crippen LogP) is 5.39. The molecule has 5 heteroatoms. The molecule has 0 saturated carbocycles. The Morgan fingerprint density at radius 3 is 2.41 bits per heavy atom. The summed E-state index contributed by atoms with van der Waals surface area (Å²) in [5.74, 6) is 1.38. The van der Waals surface area contributed by atoms with Gasteiger partial charge in [0.15, 0.2) is 5.76 Å². The molecule has 1 amide bonds. The van der Waals surface area contributed by atoms with Crippen molar-refractivity contribution in [3.63, 3.8) is 0 Å². The van der Waals surface area contributed by atoms with Gasteiger partial charge in [0.1, 0.15) is 18.1 Å². The molecule has 4 nitrogen and oxygen atoms in total. The third-order valence-electron chi connectivity index (χ3n) is 4.09. The number of halogens is 1. The summed E-state index contributed by atoms with van der Waals surface area (Å²) in [5, 5.41) is 3.49. The number of hydrogen-bond acceptors (Lipinski definition) is 3. The van der Waals surface area contributed by atoms with E-state index in [0.717, 1.165) is 24.2 Å². The van der Waals surface area contributed by atoms with Crippen LogP contribution in [0.25, 0.3) is 0 Å². The lowest BCUT2D eigenvalue weighted by molar-refractivity contribution is 0.0919. The van der Waals surface area contributed by atoms with Crippen LogP contribution in [0.2, 0.25) is 5.02 Å². The lowest BCUT2D eigenvalue weighted by Crippen LogP contribution is -2.22. The van der Waals surface area contributed by atoms with Crippen LogP contribution in [0.1, 0.15) is 40.8 Å². The fourth-order valence-electron chi connectivity index (χ4n) is 2.64. The number of rotatable bonds is 8. The van der Waals surface area contributed by atoms with Gasteiger partial charge in [0.05, 0.1) is 0 Å². The Morgan fingerprint density at radius 2 is 1.70 bits per heavy atom. The predicted molar refractivity (Wildman–Crippen MR) is 106 cm³/mol. The number of ether oxygens (including phenoxy) is 1. The number of carbonyl (C=O) groups is 1. The zero-order chi connectivity index (χ0) is 19.1. The van der Waals surface area contributed by atoms with Crippen molar-refractivity contribution in [2.75, 3.05) is 0 Å². The van der Waals surface area contributed by atoms with Crippen molar-refractivity contribution < 1.29 is 13.9 Å². The highest BCUT2D eigenvalue weighted by atomic mass is 35.5. The molecular weight excluding hydrogens is 362 g/mol. The molecule has 27 heavy (non-hydrogen) atoms. The Hall–Kier alpha value is -2.72. The molecule has 0 spiro atoms. The molecule has 2 aromatic carbocycles. The van der Waals surface area contributed by atoms with E-state index in [1.807, 2.05) is 24.3 Å². The Balaban J connectivity index is 1.49. The van der Waals surface area contributed by atoms with Crippen molar-refractivity contribution in [1.29, 1.82) is 0 Å². The van der Waals surface area contributed by atoms with Gasteiger partial charge in [-0.05, 0) is 53.9 Å². The van der Waals surface area contributed by atoms with E-state index in [2.05, 4.69) is 24.4 Å². The van der Waals surface area contributed by atoms with Crippen LogP contribution in [0.4, 0.5) is 0 Å². The van der Waals surface area contributed by atoms with E-state index in [1.165, 1.54) is 5.56 Å². The smallest absolute Gasteiger partial charge is 0.287 e. The summed E-state index contributed by atoms with van der Waals surface area (Å²) >= 11 is 5.85. The van der Waals surface area contributed by atoms with Crippen LogP contribution >= 0.6 is 11.6 Å². The highest BCUT2D eigenvalue weighted by Gasteiger charge is 2.11. The van der Waals surface area contributed by atoms with Crippen molar-refractivity contribution in [3.8, 4) is 5.75 Å². The maximum atomic E-state index is 12.2. The standard InChI is InChI=1S/C22H22ClNO3/c1-2-3-16-6-10-19(11-7-16)26-15-20-12-13-21(27-20)22(25)24-14-17-4-8-18(23)9-5-17/h4-13H,2-3,14-15H2,1H3,(H,24,25). The van der Waals surface area contributed by atoms with Gasteiger partial charge in [0, 0.05) is 11.6 Å². The maximum Gasteiger partial charge on any atom is 0.287 e. The van der Waals surface area contributed by atoms with E-state index in [-0.39, 0.29) is 18.3 Å². The second-order valence-corrected chi connectivity index (χ2v) is 6.69. The molecule has 0 aliphatic rings. The van der Waals surface area contributed by atoms with E-state index >= 15 is 0 Å². The SMILES string of the molecule is CCCc1ccc(OCc2ccc(C(=O)NCc3ccc(Cl)cc3)o2)cc1. The molecule has 0 fully saturated rings. The summed E-state index contributed by atoms with van der Waals surface area (Å²) in [7, 11) is 0. The fraction of sp³-hybridized carbons (Fsp3) is 0.227. The van der Waals surface area contributed by atoms with Crippen molar-refractivity contribution >= 4 is 17.5 Å². The average Bonchev–Trinajstić information content (AvgIpc) is 3.16. The molecule has 1 aromatic heterocycles. The van der Waals surface area contributed by atoms with Crippen LogP contribution in [0, 0.1) is 0 Å². The maximum absolute atomic E-state index is 12.2. The summed E-state index contributed by atoms with van der Waals surface area (Å²) in [5.41, 5.74) is 2.26. The first-order valence-corrected chi connectivity index (χ1v) is 9.35. The molecule has 0 unspecified atom stereocenters. The molecule has 3 aromatic rings. The monoisotopic (exact) mass is 383 g/mol. The van der Waals surface area contributed by atoms with Crippen molar-refractivity contribution in [2.24, 2.45) is 0 Å². The molecule has 0 saturated heterocycles. The van der Waals surface area contributed by atoms with Gasteiger partial charge >= 0.3 is 0 Å². The van der Waals surface area contributed by atoms with Crippen LogP contribution < -0.4 is 10.1 Å². The van der Waals surface area contributed by atoms with Gasteiger partial charge in [0.25, 0.3) is 5.91 Å². The van der Waals surface area contributed by atoms with Gasteiger partial charge in [-0.2, -0.15) is 0 Å². The molecule has 0 aliphatic heterocycles. The lowest BCUT2D eigenvalue weighted by Gasteiger charge is -2.06. The van der Waals surface area contributed by atoms with Crippen LogP contribution in [0.15, 0.2) is 65.1 Å². The average molecular weight is 384 g/mol. The van der Waals surface area contributed by atoms with Gasteiger partial charge in [-0.15, -0.1) is 0 Å². The summed E-state index contributed by atoms with van der Waals surface area (Å²) in [4.78, 5) is 12.2. The van der Waals surface area contributed by atoms with Gasteiger partial charge in [-0.25, -0.2) is 0 Å². The van der Waals surface area contributed by atoms with E-state index in [1.54, 1.807) is 24.3 Å². The van der Waals surface area contributed by atoms with Crippen LogP contribution in [0.3, 0.4) is 0 Å². The first-order valence-electron chi connectivity index (χ1n) is 8.97. The first kappa shape index (κ1) is 19.1. The molecule has 1 heterocycles. The molecule has 0 atom stereocenters. The largest absolute Gasteiger partial charge is 0.486 e. The topological polar surface area (TPSA) is 51.5 Å². The number of amides is 1. The van der Waals surface area contributed by atoms with Crippen molar-refractivity contribution in [3.05, 3.63) is 88.3 Å². The molecule has 3 rings (SSSR count). The zero-order valence-corrected chi connectivity index (χ0v) is 16.0.